The lowest BCUT2D eigenvalue weighted by atomic mass is 9.95. The highest BCUT2D eigenvalue weighted by Crippen LogP contribution is 2.17. The topological polar surface area (TPSA) is 671 Å². The van der Waals surface area contributed by atoms with Gasteiger partial charge in [-0.25, -0.2) is 4.79 Å². The Labute approximate surface area is 619 Å². The van der Waals surface area contributed by atoms with Crippen molar-refractivity contribution in [1.82, 2.24) is 58.5 Å². The van der Waals surface area contributed by atoms with Crippen molar-refractivity contribution in [3.05, 3.63) is 0 Å². The molecule has 16 atom stereocenters. The van der Waals surface area contributed by atoms with Crippen LogP contribution in [0.15, 0.2) is 9.98 Å². The maximum atomic E-state index is 14.6. The molecule has 0 aromatic carbocycles. The first-order valence-corrected chi connectivity index (χ1v) is 37.3. The smallest absolute Gasteiger partial charge is 0.328 e. The van der Waals surface area contributed by atoms with Crippen molar-refractivity contribution >= 4 is 106 Å². The van der Waals surface area contributed by atoms with Crippen LogP contribution in [-0.2, 0) is 67.1 Å². The van der Waals surface area contributed by atoms with Crippen LogP contribution in [0.4, 0.5) is 0 Å². The number of nitrogens with one attached hydrogen (secondary N) is 11. The molecule has 0 aromatic heterocycles. The molecule has 600 valence electrons. The first-order chi connectivity index (χ1) is 49.3. The van der Waals surface area contributed by atoms with Crippen molar-refractivity contribution < 1.29 is 77.3 Å². The van der Waals surface area contributed by atoms with Crippen LogP contribution in [0, 0.1) is 23.7 Å². The molecular weight excluding hydrogens is 1390 g/mol. The normalized spacial score (nSPS) is 15.8. The Kier molecular flexibility index (Phi) is 48.0. The largest absolute Gasteiger partial charge is 0.480 e. The number of carbonyl (C=O) groups is 14. The van der Waals surface area contributed by atoms with E-state index in [0.29, 0.717) is 38.5 Å². The second-order valence-corrected chi connectivity index (χ2v) is 27.8. The molecule has 0 radical (unpaired) electrons. The zero-order valence-electron chi connectivity index (χ0n) is 62.7. The third-order valence-electron chi connectivity index (χ3n) is 17.4. The summed E-state index contributed by atoms with van der Waals surface area (Å²) in [5.41, 5.74) is 50.7. The minimum Gasteiger partial charge on any atom is -0.480 e. The number of amides is 13. The van der Waals surface area contributed by atoms with Crippen LogP contribution in [0.5, 0.6) is 0 Å². The van der Waals surface area contributed by atoms with E-state index in [1.807, 2.05) is 0 Å². The van der Waals surface area contributed by atoms with Crippen LogP contribution < -0.4 is 110 Å². The Bertz CT molecular complexity index is 2870. The van der Waals surface area contributed by atoms with E-state index < -0.39 is 198 Å². The number of aliphatic imine (C=N–C) groups is 2. The molecule has 0 unspecified atom stereocenters. The van der Waals surface area contributed by atoms with E-state index in [1.165, 1.54) is 11.8 Å². The Balaban J connectivity index is 7.24. The summed E-state index contributed by atoms with van der Waals surface area (Å²) in [5, 5.41) is 48.2. The van der Waals surface area contributed by atoms with Crippen molar-refractivity contribution in [2.45, 2.75) is 256 Å². The number of hydrogen-bond donors (Lipinski definition) is 22. The van der Waals surface area contributed by atoms with Crippen molar-refractivity contribution in [3.63, 3.8) is 0 Å². The number of carboxylic acid groups (broad SMARTS) is 1. The third kappa shape index (κ3) is 38.8. The third-order valence-corrected chi connectivity index (χ3v) is 18.0. The van der Waals surface area contributed by atoms with Crippen LogP contribution in [0.1, 0.15) is 178 Å². The van der Waals surface area contributed by atoms with Crippen molar-refractivity contribution in [1.29, 1.82) is 0 Å². The zero-order valence-corrected chi connectivity index (χ0v) is 63.5. The molecule has 0 aliphatic carbocycles. The molecular formula is C66H124N22O16S. The van der Waals surface area contributed by atoms with E-state index in [4.69, 9.17) is 51.6 Å². The number of nitrogens with zero attached hydrogens (tertiary/aromatic N) is 2. The lowest BCUT2D eigenvalue weighted by Crippen LogP contribution is -2.62. The molecule has 0 aliphatic heterocycles. The number of rotatable bonds is 56. The zero-order chi connectivity index (χ0) is 80.2. The minimum atomic E-state index is -1.86. The predicted molar refractivity (Wildman–Crippen MR) is 397 cm³/mol. The van der Waals surface area contributed by atoms with Gasteiger partial charge in [0.2, 0.25) is 76.8 Å². The van der Waals surface area contributed by atoms with Gasteiger partial charge in [-0.15, -0.1) is 0 Å². The quantitative estimate of drug-likeness (QED) is 0.0153. The highest BCUT2D eigenvalue weighted by molar-refractivity contribution is 7.98. The Morgan fingerprint density at radius 2 is 0.714 bits per heavy atom. The second-order valence-electron chi connectivity index (χ2n) is 26.8. The number of aliphatic carboxylic acids is 1. The molecule has 31 N–H and O–H groups in total. The van der Waals surface area contributed by atoms with Crippen LogP contribution in [0.3, 0.4) is 0 Å². The molecule has 0 rings (SSSR count). The molecule has 105 heavy (non-hydrogen) atoms. The summed E-state index contributed by atoms with van der Waals surface area (Å²) in [7, 11) is 0. The average molecular weight is 1510 g/mol. The molecule has 0 saturated carbocycles. The van der Waals surface area contributed by atoms with Crippen molar-refractivity contribution in [3.8, 4) is 0 Å². The van der Waals surface area contributed by atoms with Crippen molar-refractivity contribution in [2.24, 2.45) is 85.3 Å². The standard InChI is InChI=1S/C66H124N22O16S/c1-11-35(6)49(85-53(92)39(69)20-18-29-76-65(72)73)61(100)81-42(23-19-30-77-66(74)75)55(94)79-44(26-31-105-10)58(97)86-50(36(7)12-2)63(102)82-43(24-25-47(70)90)56(95)84-46(33-48(71)91)59(98)83-45(32-34(4)5)60(99)87-51(37(8)13-3)62(101)80-40(21-14-16-27-67)54(93)78-41(22-15-17-28-68)57(96)88-52(38(9)89)64(103)104/h34-46,49-52,89H,11-33,67-69H2,1-10H3,(H2,70,90)(H2,71,91)(H,78,93)(H,79,94)(H,80,101)(H,81,100)(H,82,102)(H,83,98)(H,84,95)(H,85,92)(H,86,97)(H,87,99)(H,88,96)(H,103,104)(H4,72,73,76)(H4,74,75,77)/t35-,36-,37-,38+,39-,40-,41-,42-,43-,44-,45-,46-,49-,50-,51-,52-/m0/s1. The summed E-state index contributed by atoms with van der Waals surface area (Å²) < 4.78 is 0. The fourth-order valence-corrected chi connectivity index (χ4v) is 11.0. The number of aliphatic hydroxyl groups excluding tert-OH is 1. The van der Waals surface area contributed by atoms with E-state index in [2.05, 4.69) is 68.5 Å². The van der Waals surface area contributed by atoms with E-state index in [1.54, 1.807) is 61.6 Å². The molecule has 0 saturated heterocycles. The van der Waals surface area contributed by atoms with Crippen LogP contribution >= 0.6 is 11.8 Å². The fraction of sp³-hybridized carbons (Fsp3) is 0.758. The van der Waals surface area contributed by atoms with Gasteiger partial charge in [-0.3, -0.25) is 72.3 Å². The highest BCUT2D eigenvalue weighted by Gasteiger charge is 2.39. The SMILES string of the molecule is CC[C@H](C)[C@H](NC(=O)[C@H](CC(C)C)NC(=O)[C@H](CC(N)=O)NC(=O)[C@H](CCC(N)=O)NC(=O)[C@@H](NC(=O)[C@H](CCSC)NC(=O)[C@H](CCCN=C(N)N)NC(=O)[C@@H](NC(=O)[C@@H](N)CCCN=C(N)N)[C@@H](C)CC)[C@@H](C)CC)C(=O)N[C@@H](CCCCN)C(=O)N[C@@H](CCCCN)C(=O)N[C@H](C(=O)O)[C@@H](C)O. The number of aliphatic hydroxyl groups is 1. The van der Waals surface area contributed by atoms with E-state index in [0.717, 1.165) is 6.92 Å². The molecule has 0 aromatic rings. The molecule has 0 bridgehead atoms. The van der Waals surface area contributed by atoms with E-state index in [-0.39, 0.29) is 108 Å². The number of carboxylic acids is 1. The first kappa shape index (κ1) is 96.3. The number of hydrogen-bond acceptors (Lipinski definition) is 21. The minimum absolute atomic E-state index is 0.00304. The van der Waals surface area contributed by atoms with Gasteiger partial charge in [0.1, 0.15) is 60.4 Å². The summed E-state index contributed by atoms with van der Waals surface area (Å²) >= 11 is 1.32. The van der Waals surface area contributed by atoms with Crippen molar-refractivity contribution in [2.75, 3.05) is 38.2 Å². The van der Waals surface area contributed by atoms with Gasteiger partial charge in [0.25, 0.3) is 0 Å². The molecule has 0 aliphatic rings. The van der Waals surface area contributed by atoms with Gasteiger partial charge in [0.05, 0.1) is 18.6 Å². The summed E-state index contributed by atoms with van der Waals surface area (Å²) in [5.74, 6) is -15.7. The predicted octanol–water partition coefficient (Wildman–Crippen LogP) is -5.44. The number of primary amides is 2. The molecule has 0 spiro atoms. The summed E-state index contributed by atoms with van der Waals surface area (Å²) in [6, 6.07) is -17.3. The first-order valence-electron chi connectivity index (χ1n) is 35.9. The molecule has 0 heterocycles. The highest BCUT2D eigenvalue weighted by atomic mass is 32.2. The number of thioether (sulfide) groups is 1. The Morgan fingerprint density at radius 1 is 0.390 bits per heavy atom. The summed E-state index contributed by atoms with van der Waals surface area (Å²) in [4.78, 5) is 201. The Morgan fingerprint density at radius 3 is 1.07 bits per heavy atom. The van der Waals surface area contributed by atoms with E-state index >= 15 is 0 Å². The van der Waals surface area contributed by atoms with Crippen LogP contribution in [-0.4, -0.2) is 222 Å². The summed E-state index contributed by atoms with van der Waals surface area (Å²) in [6.45, 7) is 15.5. The van der Waals surface area contributed by atoms with Crippen LogP contribution in [0.2, 0.25) is 0 Å². The van der Waals surface area contributed by atoms with Crippen LogP contribution in [0.25, 0.3) is 0 Å². The maximum Gasteiger partial charge on any atom is 0.328 e. The second kappa shape index (κ2) is 52.3. The Hall–Kier alpha value is -8.69. The van der Waals surface area contributed by atoms with Gasteiger partial charge in [-0.1, -0.05) is 74.7 Å². The molecule has 39 heteroatoms. The maximum absolute atomic E-state index is 14.6. The lowest BCUT2D eigenvalue weighted by Gasteiger charge is -2.30. The fourth-order valence-electron chi connectivity index (χ4n) is 10.5. The van der Waals surface area contributed by atoms with Gasteiger partial charge in [-0.2, -0.15) is 11.8 Å². The molecule has 38 nitrogen and oxygen atoms in total. The average Bonchev–Trinajstić information content (AvgIpc) is 0.857. The van der Waals surface area contributed by atoms with Gasteiger partial charge in [-0.05, 0) is 139 Å². The summed E-state index contributed by atoms with van der Waals surface area (Å²) in [6.07, 6.45) is 1.21. The number of carbonyl (C=O) groups excluding carboxylic acids is 13. The lowest BCUT2D eigenvalue weighted by molar-refractivity contribution is -0.145. The number of guanidine groups is 2. The molecule has 13 amide bonds. The van der Waals surface area contributed by atoms with E-state index in [9.17, 15) is 77.3 Å². The van der Waals surface area contributed by atoms with Gasteiger partial charge < -0.3 is 120 Å². The molecule has 0 fully saturated rings. The monoisotopic (exact) mass is 1510 g/mol. The van der Waals surface area contributed by atoms with Gasteiger partial charge in [0, 0.05) is 19.5 Å². The number of nitrogens with two attached hydrogens (primary N) is 9. The number of unbranched alkanes of at least 4 members (excludes halogenated alkanes) is 2. The van der Waals surface area contributed by atoms with Gasteiger partial charge >= 0.3 is 5.97 Å². The van der Waals surface area contributed by atoms with Gasteiger partial charge in [0.15, 0.2) is 18.0 Å².